The van der Waals surface area contributed by atoms with Crippen molar-refractivity contribution in [3.63, 3.8) is 0 Å². The van der Waals surface area contributed by atoms with E-state index in [1.54, 1.807) is 10.9 Å². The Bertz CT molecular complexity index is 1230. The highest BCUT2D eigenvalue weighted by atomic mass is 15.3. The number of H-pyrrole nitrogens is 1. The lowest BCUT2D eigenvalue weighted by atomic mass is 10.1. The lowest BCUT2D eigenvalue weighted by Crippen LogP contribution is -1.95. The van der Waals surface area contributed by atoms with Gasteiger partial charge >= 0.3 is 0 Å². The van der Waals surface area contributed by atoms with E-state index in [1.807, 2.05) is 61.5 Å². The molecule has 5 aromatic rings. The van der Waals surface area contributed by atoms with Gasteiger partial charge in [-0.2, -0.15) is 10.2 Å². The van der Waals surface area contributed by atoms with Crippen LogP contribution in [0.5, 0.6) is 0 Å². The minimum Gasteiger partial charge on any atom is -0.335 e. The molecule has 7 heteroatoms. The maximum absolute atomic E-state index is 4.80. The number of hydrogen-bond donors (Lipinski definition) is 1. The first-order valence-electron chi connectivity index (χ1n) is 8.63. The molecule has 0 aliphatic carbocycles. The van der Waals surface area contributed by atoms with Crippen molar-refractivity contribution < 1.29 is 0 Å². The number of nitrogens with zero attached hydrogens (tertiary/aromatic N) is 6. The molecular weight excluding hydrogens is 338 g/mol. The van der Waals surface area contributed by atoms with Gasteiger partial charge in [0.1, 0.15) is 17.0 Å². The van der Waals surface area contributed by atoms with Crippen LogP contribution >= 0.6 is 0 Å². The third-order valence-electron chi connectivity index (χ3n) is 4.65. The lowest BCUT2D eigenvalue weighted by Gasteiger charge is -2.04. The molecular formula is C20H17N7. The highest BCUT2D eigenvalue weighted by molar-refractivity contribution is 5.91. The molecule has 0 spiro atoms. The molecule has 132 valence electrons. The van der Waals surface area contributed by atoms with Crippen LogP contribution in [0.4, 0.5) is 0 Å². The first kappa shape index (κ1) is 15.5. The quantitative estimate of drug-likeness (QED) is 0.538. The highest BCUT2D eigenvalue weighted by Gasteiger charge is 2.20. The van der Waals surface area contributed by atoms with Crippen LogP contribution < -0.4 is 0 Å². The molecule has 1 aromatic carbocycles. The Kier molecular flexibility index (Phi) is 3.39. The molecule has 4 aromatic heterocycles. The zero-order chi connectivity index (χ0) is 18.4. The highest BCUT2D eigenvalue weighted by Crippen LogP contribution is 2.33. The number of aromatic nitrogens is 7. The minimum atomic E-state index is 0.773. The third kappa shape index (κ3) is 2.43. The zero-order valence-corrected chi connectivity index (χ0v) is 15.0. The Hall–Kier alpha value is -3.74. The summed E-state index contributed by atoms with van der Waals surface area (Å²) in [5.74, 6) is 0.773. The third-order valence-corrected chi connectivity index (χ3v) is 4.65. The van der Waals surface area contributed by atoms with Gasteiger partial charge in [0.05, 0.1) is 17.5 Å². The molecule has 27 heavy (non-hydrogen) atoms. The van der Waals surface area contributed by atoms with E-state index >= 15 is 0 Å². The van der Waals surface area contributed by atoms with Crippen LogP contribution in [0.3, 0.4) is 0 Å². The SMILES string of the molecule is Cn1ncc(-c2nc3c([nH]2)c(-c2cccnc2)nn3C)c1-c1ccccc1. The van der Waals surface area contributed by atoms with Gasteiger partial charge in [0, 0.05) is 37.6 Å². The maximum Gasteiger partial charge on any atom is 0.177 e. The summed E-state index contributed by atoms with van der Waals surface area (Å²) in [5, 5.41) is 9.05. The summed E-state index contributed by atoms with van der Waals surface area (Å²) in [6.45, 7) is 0. The molecule has 0 saturated carbocycles. The Morgan fingerprint density at radius 3 is 2.48 bits per heavy atom. The molecule has 7 nitrogen and oxygen atoms in total. The van der Waals surface area contributed by atoms with Gasteiger partial charge < -0.3 is 4.98 Å². The number of aryl methyl sites for hydroxylation is 2. The van der Waals surface area contributed by atoms with Crippen molar-refractivity contribution in [2.24, 2.45) is 14.1 Å². The van der Waals surface area contributed by atoms with E-state index in [9.17, 15) is 0 Å². The number of pyridine rings is 1. The van der Waals surface area contributed by atoms with E-state index in [0.29, 0.717) is 0 Å². The minimum absolute atomic E-state index is 0.773. The van der Waals surface area contributed by atoms with E-state index in [0.717, 1.165) is 45.1 Å². The average Bonchev–Trinajstić information content (AvgIpc) is 3.38. The fourth-order valence-corrected chi connectivity index (χ4v) is 3.39. The molecule has 4 heterocycles. The maximum atomic E-state index is 4.80. The fourth-order valence-electron chi connectivity index (χ4n) is 3.39. The average molecular weight is 355 g/mol. The smallest absolute Gasteiger partial charge is 0.177 e. The molecule has 0 radical (unpaired) electrons. The van der Waals surface area contributed by atoms with Gasteiger partial charge in [0.15, 0.2) is 5.65 Å². The predicted octanol–water partition coefficient (Wildman–Crippen LogP) is 3.43. The molecule has 0 unspecified atom stereocenters. The topological polar surface area (TPSA) is 77.2 Å². The standard InChI is InChI=1S/C20H17N7/c1-26-18(13-7-4-3-5-8-13)15(12-22-26)19-23-17-16(14-9-6-10-21-11-14)25-27(2)20(17)24-19/h3-12H,1-2H3,(H,23,24). The molecule has 0 bridgehead atoms. The van der Waals surface area contributed by atoms with Crippen molar-refractivity contribution in [2.75, 3.05) is 0 Å². The van der Waals surface area contributed by atoms with Crippen molar-refractivity contribution in [2.45, 2.75) is 0 Å². The summed E-state index contributed by atoms with van der Waals surface area (Å²) in [5.41, 5.74) is 6.55. The van der Waals surface area contributed by atoms with Gasteiger partial charge in [-0.15, -0.1) is 0 Å². The van der Waals surface area contributed by atoms with Crippen molar-refractivity contribution in [1.82, 2.24) is 34.5 Å². The monoisotopic (exact) mass is 355 g/mol. The molecule has 1 N–H and O–H groups in total. The first-order chi connectivity index (χ1) is 13.2. The van der Waals surface area contributed by atoms with E-state index in [4.69, 9.17) is 4.98 Å². The lowest BCUT2D eigenvalue weighted by molar-refractivity contribution is 0.776. The van der Waals surface area contributed by atoms with Gasteiger partial charge in [-0.3, -0.25) is 9.67 Å². The van der Waals surface area contributed by atoms with Crippen molar-refractivity contribution >= 4 is 11.2 Å². The largest absolute Gasteiger partial charge is 0.335 e. The van der Waals surface area contributed by atoms with Crippen LogP contribution in [-0.2, 0) is 14.1 Å². The summed E-state index contributed by atoms with van der Waals surface area (Å²) in [7, 11) is 3.84. The summed E-state index contributed by atoms with van der Waals surface area (Å²) in [6, 6.07) is 14.1. The van der Waals surface area contributed by atoms with Crippen molar-refractivity contribution in [3.8, 4) is 33.9 Å². The zero-order valence-electron chi connectivity index (χ0n) is 15.0. The predicted molar refractivity (Wildman–Crippen MR) is 104 cm³/mol. The molecule has 0 aliphatic heterocycles. The molecule has 0 atom stereocenters. The summed E-state index contributed by atoms with van der Waals surface area (Å²) in [6.07, 6.45) is 5.41. The van der Waals surface area contributed by atoms with E-state index < -0.39 is 0 Å². The molecule has 0 amide bonds. The van der Waals surface area contributed by atoms with Crippen LogP contribution in [0.25, 0.3) is 45.1 Å². The number of hydrogen-bond acceptors (Lipinski definition) is 4. The number of fused-ring (bicyclic) bond motifs is 1. The summed E-state index contributed by atoms with van der Waals surface area (Å²) in [4.78, 5) is 12.4. The van der Waals surface area contributed by atoms with Gasteiger partial charge in [0.2, 0.25) is 0 Å². The van der Waals surface area contributed by atoms with E-state index in [-0.39, 0.29) is 0 Å². The molecule has 0 aliphatic rings. The van der Waals surface area contributed by atoms with Gasteiger partial charge in [0.25, 0.3) is 0 Å². The van der Waals surface area contributed by atoms with Crippen LogP contribution in [0.1, 0.15) is 0 Å². The Morgan fingerprint density at radius 2 is 1.70 bits per heavy atom. The second kappa shape index (κ2) is 5.91. The Morgan fingerprint density at radius 1 is 0.889 bits per heavy atom. The van der Waals surface area contributed by atoms with Crippen molar-refractivity contribution in [1.29, 1.82) is 0 Å². The molecule has 0 fully saturated rings. The number of nitrogens with one attached hydrogen (secondary N) is 1. The van der Waals surface area contributed by atoms with Gasteiger partial charge in [-0.05, 0) is 12.1 Å². The normalized spacial score (nSPS) is 11.3. The molecule has 0 saturated heterocycles. The second-order valence-electron chi connectivity index (χ2n) is 6.39. The van der Waals surface area contributed by atoms with E-state index in [2.05, 4.69) is 32.3 Å². The van der Waals surface area contributed by atoms with Gasteiger partial charge in [-0.1, -0.05) is 30.3 Å². The van der Waals surface area contributed by atoms with Crippen LogP contribution in [0, 0.1) is 0 Å². The fraction of sp³-hybridized carbons (Fsp3) is 0.100. The first-order valence-corrected chi connectivity index (χ1v) is 8.63. The summed E-state index contributed by atoms with van der Waals surface area (Å²) < 4.78 is 3.66. The van der Waals surface area contributed by atoms with Crippen LogP contribution in [0.15, 0.2) is 61.1 Å². The number of imidazole rings is 1. The van der Waals surface area contributed by atoms with E-state index in [1.165, 1.54) is 0 Å². The second-order valence-corrected chi connectivity index (χ2v) is 6.39. The Labute approximate surface area is 155 Å². The molecule has 5 rings (SSSR count). The van der Waals surface area contributed by atoms with Crippen molar-refractivity contribution in [3.05, 3.63) is 61.1 Å². The summed E-state index contributed by atoms with van der Waals surface area (Å²) >= 11 is 0. The number of rotatable bonds is 3. The number of benzene rings is 1. The van der Waals surface area contributed by atoms with Gasteiger partial charge in [-0.25, -0.2) is 9.67 Å². The Balaban J connectivity index is 1.70. The van der Waals surface area contributed by atoms with Crippen LogP contribution in [-0.4, -0.2) is 34.5 Å². The number of aromatic amines is 1. The van der Waals surface area contributed by atoms with Crippen LogP contribution in [0.2, 0.25) is 0 Å².